The van der Waals surface area contributed by atoms with Crippen LogP contribution in [0.25, 0.3) is 16.6 Å². The highest BCUT2D eigenvalue weighted by Crippen LogP contribution is 2.29. The summed E-state index contributed by atoms with van der Waals surface area (Å²) in [6.45, 7) is 4.44. The first kappa shape index (κ1) is 15.2. The Morgan fingerprint density at radius 1 is 0.920 bits per heavy atom. The first-order valence-corrected chi connectivity index (χ1v) is 9.40. The van der Waals surface area contributed by atoms with E-state index in [1.807, 2.05) is 0 Å². The monoisotopic (exact) mass is 335 g/mol. The molecule has 1 aromatic carbocycles. The smallest absolute Gasteiger partial charge is 0.153 e. The minimum atomic E-state index is 0.399. The van der Waals surface area contributed by atoms with E-state index in [1.54, 1.807) is 0 Å². The molecule has 1 unspecified atom stereocenters. The van der Waals surface area contributed by atoms with Crippen molar-refractivity contribution >= 4 is 22.4 Å². The molecule has 1 atom stereocenters. The Hall–Kier alpha value is -2.11. The van der Waals surface area contributed by atoms with Gasteiger partial charge in [0.25, 0.3) is 0 Å². The van der Waals surface area contributed by atoms with Crippen LogP contribution in [0.2, 0.25) is 0 Å². The second-order valence-corrected chi connectivity index (χ2v) is 7.45. The Bertz CT molecular complexity index is 893. The number of nitrogens with two attached hydrogens (primary N) is 1. The molecule has 2 saturated heterocycles. The summed E-state index contributed by atoms with van der Waals surface area (Å²) in [5, 5.41) is 0. The lowest BCUT2D eigenvalue weighted by molar-refractivity contribution is 0.163. The number of piperidine rings is 1. The van der Waals surface area contributed by atoms with Crippen molar-refractivity contribution in [3.8, 4) is 0 Å². The lowest BCUT2D eigenvalue weighted by Crippen LogP contribution is -2.46. The minimum Gasteiger partial charge on any atom is -0.353 e. The summed E-state index contributed by atoms with van der Waals surface area (Å²) in [7, 11) is 0. The molecule has 0 radical (unpaired) electrons. The normalized spacial score (nSPS) is 23.1. The second-order valence-electron chi connectivity index (χ2n) is 7.45. The van der Waals surface area contributed by atoms with Crippen LogP contribution in [0, 0.1) is 0 Å². The van der Waals surface area contributed by atoms with E-state index in [2.05, 4.69) is 56.8 Å². The Balaban J connectivity index is 1.46. The molecular formula is C20H25N5. The van der Waals surface area contributed by atoms with Crippen molar-refractivity contribution in [3.05, 3.63) is 42.6 Å². The summed E-state index contributed by atoms with van der Waals surface area (Å²) in [6.07, 6.45) is 5.63. The molecule has 3 aromatic rings. The molecule has 130 valence electrons. The molecule has 25 heavy (non-hydrogen) atoms. The third kappa shape index (κ3) is 2.58. The molecule has 5 nitrogen and oxygen atoms in total. The van der Waals surface area contributed by atoms with E-state index < -0.39 is 0 Å². The number of hydrogen-bond acceptors (Lipinski definition) is 4. The summed E-state index contributed by atoms with van der Waals surface area (Å²) in [4.78, 5) is 10.1. The average molecular weight is 335 g/mol. The quantitative estimate of drug-likeness (QED) is 0.782. The van der Waals surface area contributed by atoms with E-state index in [9.17, 15) is 0 Å². The molecule has 2 aromatic heterocycles. The van der Waals surface area contributed by atoms with Gasteiger partial charge in [0.15, 0.2) is 5.82 Å². The van der Waals surface area contributed by atoms with E-state index in [-0.39, 0.29) is 0 Å². The van der Waals surface area contributed by atoms with E-state index in [0.29, 0.717) is 12.1 Å². The number of nitrogens with zero attached hydrogens (tertiary/aromatic N) is 4. The molecule has 5 rings (SSSR count). The standard InChI is InChI=1S/C20H25N5/c21-15-7-11-23(12-8-15)16-9-13-24(14-16)20-19-6-3-10-25(19)18-5-2-1-4-17(18)22-20/h1-6,10,15-16H,7-9,11-14,21H2. The highest BCUT2D eigenvalue weighted by molar-refractivity contribution is 5.85. The predicted octanol–water partition coefficient (Wildman–Crippen LogP) is 2.49. The molecule has 0 spiro atoms. The van der Waals surface area contributed by atoms with Crippen molar-refractivity contribution in [1.29, 1.82) is 0 Å². The second kappa shape index (κ2) is 6.00. The molecular weight excluding hydrogens is 310 g/mol. The van der Waals surface area contributed by atoms with Crippen LogP contribution in [0.15, 0.2) is 42.6 Å². The summed E-state index contributed by atoms with van der Waals surface area (Å²) in [5.41, 5.74) is 9.51. The largest absolute Gasteiger partial charge is 0.353 e. The average Bonchev–Trinajstić information content (AvgIpc) is 3.32. The minimum absolute atomic E-state index is 0.399. The van der Waals surface area contributed by atoms with Gasteiger partial charge < -0.3 is 15.0 Å². The van der Waals surface area contributed by atoms with Gasteiger partial charge in [0, 0.05) is 31.4 Å². The fraction of sp³-hybridized carbons (Fsp3) is 0.450. The van der Waals surface area contributed by atoms with E-state index in [4.69, 9.17) is 10.7 Å². The van der Waals surface area contributed by atoms with Crippen LogP contribution in [0.3, 0.4) is 0 Å². The van der Waals surface area contributed by atoms with Gasteiger partial charge >= 0.3 is 0 Å². The zero-order chi connectivity index (χ0) is 16.8. The topological polar surface area (TPSA) is 49.8 Å². The Morgan fingerprint density at radius 3 is 2.60 bits per heavy atom. The van der Waals surface area contributed by atoms with Gasteiger partial charge in [-0.05, 0) is 56.6 Å². The highest BCUT2D eigenvalue weighted by Gasteiger charge is 2.31. The SMILES string of the molecule is NC1CCN(C2CCN(c3nc4ccccc4n4cccc34)C2)CC1. The molecule has 2 fully saturated rings. The number of benzene rings is 1. The fourth-order valence-corrected chi connectivity index (χ4v) is 4.46. The number of rotatable bonds is 2. The first-order chi connectivity index (χ1) is 12.3. The molecule has 0 amide bonds. The number of anilines is 1. The Morgan fingerprint density at radius 2 is 1.72 bits per heavy atom. The maximum atomic E-state index is 6.07. The van der Waals surface area contributed by atoms with Gasteiger partial charge in [0.2, 0.25) is 0 Å². The zero-order valence-corrected chi connectivity index (χ0v) is 14.5. The summed E-state index contributed by atoms with van der Waals surface area (Å²) in [5.74, 6) is 1.12. The number of hydrogen-bond donors (Lipinski definition) is 1. The van der Waals surface area contributed by atoms with Gasteiger partial charge in [-0.1, -0.05) is 12.1 Å². The lowest BCUT2D eigenvalue weighted by atomic mass is 10.0. The molecule has 4 heterocycles. The number of para-hydroxylation sites is 2. The predicted molar refractivity (Wildman–Crippen MR) is 102 cm³/mol. The van der Waals surface area contributed by atoms with Gasteiger partial charge in [-0.3, -0.25) is 4.90 Å². The van der Waals surface area contributed by atoms with Crippen molar-refractivity contribution in [2.75, 3.05) is 31.1 Å². The molecule has 0 bridgehead atoms. The number of likely N-dealkylation sites (tertiary alicyclic amines) is 1. The van der Waals surface area contributed by atoms with Crippen LogP contribution in [0.5, 0.6) is 0 Å². The summed E-state index contributed by atoms with van der Waals surface area (Å²) < 4.78 is 2.27. The molecule has 2 N–H and O–H groups in total. The van der Waals surface area contributed by atoms with Gasteiger partial charge in [-0.15, -0.1) is 0 Å². The fourth-order valence-electron chi connectivity index (χ4n) is 4.46. The van der Waals surface area contributed by atoms with Crippen molar-refractivity contribution < 1.29 is 0 Å². The Kier molecular flexibility index (Phi) is 3.64. The number of fused-ring (bicyclic) bond motifs is 3. The highest BCUT2D eigenvalue weighted by atomic mass is 15.3. The van der Waals surface area contributed by atoms with Crippen molar-refractivity contribution in [1.82, 2.24) is 14.3 Å². The zero-order valence-electron chi connectivity index (χ0n) is 14.5. The Labute approximate surface area is 148 Å². The molecule has 0 aliphatic carbocycles. The van der Waals surface area contributed by atoms with Crippen LogP contribution >= 0.6 is 0 Å². The van der Waals surface area contributed by atoms with E-state index in [0.717, 1.165) is 50.4 Å². The maximum Gasteiger partial charge on any atom is 0.153 e. The molecule has 2 aliphatic heterocycles. The first-order valence-electron chi connectivity index (χ1n) is 9.40. The van der Waals surface area contributed by atoms with Crippen molar-refractivity contribution in [2.24, 2.45) is 5.73 Å². The summed E-state index contributed by atoms with van der Waals surface area (Å²) in [6, 6.07) is 13.7. The summed E-state index contributed by atoms with van der Waals surface area (Å²) >= 11 is 0. The number of aromatic nitrogens is 2. The van der Waals surface area contributed by atoms with Crippen LogP contribution in [0.4, 0.5) is 5.82 Å². The third-order valence-electron chi connectivity index (χ3n) is 5.90. The van der Waals surface area contributed by atoms with Gasteiger partial charge in [0.05, 0.1) is 16.6 Å². The van der Waals surface area contributed by atoms with Crippen LogP contribution in [-0.2, 0) is 0 Å². The molecule has 0 saturated carbocycles. The van der Waals surface area contributed by atoms with E-state index >= 15 is 0 Å². The van der Waals surface area contributed by atoms with Gasteiger partial charge in [-0.25, -0.2) is 4.98 Å². The molecule has 5 heteroatoms. The molecule has 2 aliphatic rings. The van der Waals surface area contributed by atoms with E-state index in [1.165, 1.54) is 17.5 Å². The van der Waals surface area contributed by atoms with Gasteiger partial charge in [0.1, 0.15) is 0 Å². The third-order valence-corrected chi connectivity index (χ3v) is 5.90. The van der Waals surface area contributed by atoms with Crippen molar-refractivity contribution in [2.45, 2.75) is 31.3 Å². The van der Waals surface area contributed by atoms with Crippen LogP contribution < -0.4 is 10.6 Å². The van der Waals surface area contributed by atoms with Crippen LogP contribution in [0.1, 0.15) is 19.3 Å². The maximum absolute atomic E-state index is 6.07. The van der Waals surface area contributed by atoms with Crippen molar-refractivity contribution in [3.63, 3.8) is 0 Å². The lowest BCUT2D eigenvalue weighted by Gasteiger charge is -2.34. The van der Waals surface area contributed by atoms with Gasteiger partial charge in [-0.2, -0.15) is 0 Å². The van der Waals surface area contributed by atoms with Crippen LogP contribution in [-0.4, -0.2) is 52.5 Å².